The Kier molecular flexibility index (Phi) is 4.34. The van der Waals surface area contributed by atoms with Gasteiger partial charge < -0.3 is 10.2 Å². The van der Waals surface area contributed by atoms with Gasteiger partial charge in [-0.2, -0.15) is 0 Å². The van der Waals surface area contributed by atoms with Crippen LogP contribution in [0.3, 0.4) is 0 Å². The van der Waals surface area contributed by atoms with E-state index >= 15 is 0 Å². The highest BCUT2D eigenvalue weighted by atomic mass is 16.4. The highest BCUT2D eigenvalue weighted by Gasteiger charge is 2.34. The van der Waals surface area contributed by atoms with Crippen LogP contribution in [0.1, 0.15) is 27.2 Å². The van der Waals surface area contributed by atoms with Crippen molar-refractivity contribution in [2.45, 2.75) is 27.2 Å². The maximum atomic E-state index is 10.9. The minimum Gasteiger partial charge on any atom is -0.481 e. The van der Waals surface area contributed by atoms with Crippen molar-refractivity contribution in [2.24, 2.45) is 11.3 Å². The van der Waals surface area contributed by atoms with Crippen molar-refractivity contribution < 1.29 is 19.8 Å². The summed E-state index contributed by atoms with van der Waals surface area (Å²) in [6.07, 6.45) is 3.10. The Hall–Kier alpha value is -1.32. The number of carbonyl (C=O) groups is 2. The van der Waals surface area contributed by atoms with Crippen molar-refractivity contribution in [1.82, 2.24) is 0 Å². The first-order valence-corrected chi connectivity index (χ1v) is 4.39. The lowest BCUT2D eigenvalue weighted by molar-refractivity contribution is -0.151. The number of aliphatic carboxylic acids is 2. The summed E-state index contributed by atoms with van der Waals surface area (Å²) in [5, 5.41) is 17.5. The number of allylic oxidation sites excluding steroid dienone is 2. The Balaban J connectivity index is 4.81. The number of carboxylic acids is 2. The lowest BCUT2D eigenvalue weighted by Gasteiger charge is -2.26. The molecule has 0 aliphatic rings. The highest BCUT2D eigenvalue weighted by Crippen LogP contribution is 2.31. The van der Waals surface area contributed by atoms with Gasteiger partial charge in [0.1, 0.15) is 0 Å². The summed E-state index contributed by atoms with van der Waals surface area (Å²) in [6.45, 7) is 5.21. The zero-order valence-electron chi connectivity index (χ0n) is 8.65. The fourth-order valence-electron chi connectivity index (χ4n) is 1.39. The van der Waals surface area contributed by atoms with E-state index < -0.39 is 23.3 Å². The van der Waals surface area contributed by atoms with Gasteiger partial charge in [0.2, 0.25) is 0 Å². The fourth-order valence-corrected chi connectivity index (χ4v) is 1.39. The van der Waals surface area contributed by atoms with Crippen LogP contribution < -0.4 is 0 Å². The molecule has 0 saturated heterocycles. The van der Waals surface area contributed by atoms with Gasteiger partial charge in [0, 0.05) is 0 Å². The van der Waals surface area contributed by atoms with Gasteiger partial charge >= 0.3 is 11.9 Å². The Morgan fingerprint density at radius 1 is 1.36 bits per heavy atom. The monoisotopic (exact) mass is 200 g/mol. The van der Waals surface area contributed by atoms with Crippen LogP contribution in [0.5, 0.6) is 0 Å². The largest absolute Gasteiger partial charge is 0.481 e. The molecule has 4 nitrogen and oxygen atoms in total. The third-order valence-corrected chi connectivity index (χ3v) is 2.17. The molecule has 0 saturated carbocycles. The van der Waals surface area contributed by atoms with Gasteiger partial charge in [-0.1, -0.05) is 26.0 Å². The lowest BCUT2D eigenvalue weighted by atomic mass is 9.77. The summed E-state index contributed by atoms with van der Waals surface area (Å²) in [7, 11) is 0. The van der Waals surface area contributed by atoms with E-state index in [1.165, 1.54) is 0 Å². The third-order valence-electron chi connectivity index (χ3n) is 2.17. The number of rotatable bonds is 5. The van der Waals surface area contributed by atoms with Crippen LogP contribution >= 0.6 is 0 Å². The van der Waals surface area contributed by atoms with E-state index in [4.69, 9.17) is 10.2 Å². The number of hydrogen-bond acceptors (Lipinski definition) is 2. The van der Waals surface area contributed by atoms with Gasteiger partial charge in [-0.25, -0.2) is 0 Å². The summed E-state index contributed by atoms with van der Waals surface area (Å²) in [6, 6.07) is 0. The summed E-state index contributed by atoms with van der Waals surface area (Å²) < 4.78 is 0. The molecular weight excluding hydrogens is 184 g/mol. The van der Waals surface area contributed by atoms with E-state index in [-0.39, 0.29) is 6.42 Å². The van der Waals surface area contributed by atoms with Gasteiger partial charge in [-0.15, -0.1) is 0 Å². The predicted molar refractivity (Wildman–Crippen MR) is 52.0 cm³/mol. The van der Waals surface area contributed by atoms with Crippen LogP contribution in [-0.2, 0) is 9.59 Å². The van der Waals surface area contributed by atoms with E-state index in [9.17, 15) is 9.59 Å². The zero-order valence-corrected chi connectivity index (χ0v) is 8.65. The summed E-state index contributed by atoms with van der Waals surface area (Å²) in [5.41, 5.74) is -0.640. The lowest BCUT2D eigenvalue weighted by Crippen LogP contribution is -2.31. The average molecular weight is 200 g/mol. The van der Waals surface area contributed by atoms with Crippen molar-refractivity contribution in [2.75, 3.05) is 0 Å². The number of carboxylic acid groups (broad SMARTS) is 2. The molecule has 14 heavy (non-hydrogen) atoms. The van der Waals surface area contributed by atoms with Crippen LogP contribution in [-0.4, -0.2) is 22.2 Å². The third kappa shape index (κ3) is 3.60. The van der Waals surface area contributed by atoms with Gasteiger partial charge in [0.05, 0.1) is 12.3 Å². The molecule has 0 fully saturated rings. The van der Waals surface area contributed by atoms with Crippen LogP contribution in [0.2, 0.25) is 0 Å². The van der Waals surface area contributed by atoms with Gasteiger partial charge in [-0.3, -0.25) is 9.59 Å². The van der Waals surface area contributed by atoms with Gasteiger partial charge in [0.15, 0.2) is 0 Å². The molecule has 0 bridgehead atoms. The minimum atomic E-state index is -1.09. The minimum absolute atomic E-state index is 0.354. The van der Waals surface area contributed by atoms with Crippen molar-refractivity contribution in [1.29, 1.82) is 0 Å². The fraction of sp³-hybridized carbons (Fsp3) is 0.600. The molecular formula is C10H16O4. The molecule has 0 radical (unpaired) electrons. The Morgan fingerprint density at radius 2 is 1.86 bits per heavy atom. The van der Waals surface area contributed by atoms with E-state index in [1.54, 1.807) is 32.9 Å². The molecule has 0 aromatic rings. The second-order valence-corrected chi connectivity index (χ2v) is 3.81. The maximum Gasteiger partial charge on any atom is 0.307 e. The molecule has 0 aliphatic heterocycles. The van der Waals surface area contributed by atoms with Crippen molar-refractivity contribution in [3.05, 3.63) is 12.2 Å². The molecule has 0 aliphatic carbocycles. The Bertz CT molecular complexity index is 253. The molecule has 0 aromatic carbocycles. The summed E-state index contributed by atoms with van der Waals surface area (Å²) >= 11 is 0. The Labute approximate surface area is 83.2 Å². The summed E-state index contributed by atoms with van der Waals surface area (Å²) in [4.78, 5) is 21.3. The van der Waals surface area contributed by atoms with Crippen molar-refractivity contribution >= 4 is 11.9 Å². The first-order chi connectivity index (χ1) is 6.31. The van der Waals surface area contributed by atoms with Gasteiger partial charge in [-0.05, 0) is 12.3 Å². The van der Waals surface area contributed by atoms with Gasteiger partial charge in [0.25, 0.3) is 0 Å². The number of hydrogen-bond donors (Lipinski definition) is 2. The first-order valence-electron chi connectivity index (χ1n) is 4.39. The molecule has 4 heteroatoms. The van der Waals surface area contributed by atoms with E-state index in [2.05, 4.69) is 0 Å². The van der Waals surface area contributed by atoms with Crippen molar-refractivity contribution in [3.63, 3.8) is 0 Å². The van der Waals surface area contributed by atoms with Crippen LogP contribution in [0.15, 0.2) is 12.2 Å². The quantitative estimate of drug-likeness (QED) is 0.663. The molecule has 0 spiro atoms. The molecule has 2 N–H and O–H groups in total. The zero-order chi connectivity index (χ0) is 11.4. The Morgan fingerprint density at radius 3 is 2.14 bits per heavy atom. The molecule has 1 atom stereocenters. The smallest absolute Gasteiger partial charge is 0.307 e. The molecule has 1 unspecified atom stereocenters. The maximum absolute atomic E-state index is 10.9. The molecule has 0 aromatic heterocycles. The predicted octanol–water partition coefficient (Wildman–Crippen LogP) is 1.76. The van der Waals surface area contributed by atoms with Crippen LogP contribution in [0, 0.1) is 11.3 Å². The SMILES string of the molecule is C/C=C\C(C)(C)C(CC(=O)O)C(=O)O. The van der Waals surface area contributed by atoms with E-state index in [0.29, 0.717) is 0 Å². The standard InChI is InChI=1S/C10H16O4/c1-4-5-10(2,3)7(9(13)14)6-8(11)12/h4-5,7H,6H2,1-3H3,(H,11,12)(H,13,14)/b5-4-. The molecule has 0 rings (SSSR count). The normalized spacial score (nSPS) is 14.2. The summed E-state index contributed by atoms with van der Waals surface area (Å²) in [5.74, 6) is -3.05. The van der Waals surface area contributed by atoms with E-state index in [1.807, 2.05) is 0 Å². The average Bonchev–Trinajstić information content (AvgIpc) is 1.99. The highest BCUT2D eigenvalue weighted by molar-refractivity contribution is 5.78. The van der Waals surface area contributed by atoms with Crippen LogP contribution in [0.25, 0.3) is 0 Å². The van der Waals surface area contributed by atoms with Crippen molar-refractivity contribution in [3.8, 4) is 0 Å². The first kappa shape index (κ1) is 12.7. The molecule has 80 valence electrons. The van der Waals surface area contributed by atoms with E-state index in [0.717, 1.165) is 0 Å². The van der Waals surface area contributed by atoms with Crippen LogP contribution in [0.4, 0.5) is 0 Å². The topological polar surface area (TPSA) is 74.6 Å². The molecule has 0 amide bonds. The second-order valence-electron chi connectivity index (χ2n) is 3.81. The second kappa shape index (κ2) is 4.79. The molecule has 0 heterocycles.